The third-order valence-corrected chi connectivity index (χ3v) is 1.16. The Labute approximate surface area is 48.7 Å². The van der Waals surface area contributed by atoms with Crippen LogP contribution in [0.1, 0.15) is 0 Å². The lowest BCUT2D eigenvalue weighted by Gasteiger charge is -1.85. The molecule has 0 amide bonds. The number of hydrogen-bond acceptors (Lipinski definition) is 2. The van der Waals surface area contributed by atoms with Gasteiger partial charge in [0, 0.05) is 6.54 Å². The monoisotopic (exact) mass is 106 g/mol. The van der Waals surface area contributed by atoms with Gasteiger partial charge in [0.1, 0.15) is 6.04 Å². The highest BCUT2D eigenvalue weighted by molar-refractivity contribution is 5.09. The number of terminal acetylenes is 1. The van der Waals surface area contributed by atoms with Gasteiger partial charge in [0.05, 0.1) is 12.6 Å². The van der Waals surface area contributed by atoms with Crippen LogP contribution < -0.4 is 0 Å². The molecule has 0 saturated carbocycles. The highest BCUT2D eigenvalue weighted by Crippen LogP contribution is 2.13. The van der Waals surface area contributed by atoms with E-state index in [1.807, 2.05) is 4.90 Å². The Morgan fingerprint density at radius 3 is 3.00 bits per heavy atom. The topological polar surface area (TPSA) is 26.8 Å². The Morgan fingerprint density at radius 1 is 1.88 bits per heavy atom. The lowest BCUT2D eigenvalue weighted by atomic mass is 10.5. The molecule has 2 heteroatoms. The average Bonchev–Trinajstić information content (AvgIpc) is 2.48. The summed E-state index contributed by atoms with van der Waals surface area (Å²) in [6.07, 6.45) is 4.99. The molecule has 1 aliphatic rings. The van der Waals surface area contributed by atoms with Crippen molar-refractivity contribution in [3.05, 3.63) is 0 Å². The van der Waals surface area contributed by atoms with Gasteiger partial charge < -0.3 is 0 Å². The minimum absolute atomic E-state index is 0.117. The van der Waals surface area contributed by atoms with Crippen LogP contribution in [0, 0.1) is 23.7 Å². The molecule has 2 unspecified atom stereocenters. The summed E-state index contributed by atoms with van der Waals surface area (Å²) in [5, 5.41) is 8.24. The SMILES string of the molecule is C#CCN1CC1C#N. The lowest BCUT2D eigenvalue weighted by molar-refractivity contribution is 0.610. The van der Waals surface area contributed by atoms with Gasteiger partial charge in [0.15, 0.2) is 0 Å². The van der Waals surface area contributed by atoms with Crippen molar-refractivity contribution in [3.8, 4) is 18.4 Å². The van der Waals surface area contributed by atoms with Gasteiger partial charge in [0.2, 0.25) is 0 Å². The van der Waals surface area contributed by atoms with E-state index in [0.29, 0.717) is 6.54 Å². The zero-order valence-electron chi connectivity index (χ0n) is 4.46. The highest BCUT2D eigenvalue weighted by atomic mass is 15.3. The quantitative estimate of drug-likeness (QED) is 0.342. The van der Waals surface area contributed by atoms with Gasteiger partial charge in [-0.15, -0.1) is 6.42 Å². The Bertz CT molecular complexity index is 160. The minimum atomic E-state index is 0.117. The van der Waals surface area contributed by atoms with Crippen LogP contribution in [0.3, 0.4) is 0 Å². The molecule has 1 rings (SSSR count). The number of hydrogen-bond donors (Lipinski definition) is 0. The summed E-state index contributed by atoms with van der Waals surface area (Å²) in [6.45, 7) is 1.49. The minimum Gasteiger partial charge on any atom is -0.273 e. The standard InChI is InChI=1S/C6H6N2/c1-2-3-8-5-6(8)4-7/h1,6H,3,5H2. The zero-order chi connectivity index (χ0) is 5.98. The molecule has 1 saturated heterocycles. The molecule has 1 aliphatic heterocycles. The summed E-state index contributed by atoms with van der Waals surface area (Å²) >= 11 is 0. The first-order chi connectivity index (χ1) is 3.88. The first-order valence-electron chi connectivity index (χ1n) is 2.45. The largest absolute Gasteiger partial charge is 0.273 e. The molecule has 8 heavy (non-hydrogen) atoms. The van der Waals surface area contributed by atoms with E-state index >= 15 is 0 Å². The Hall–Kier alpha value is -0.990. The fourth-order valence-corrected chi connectivity index (χ4v) is 0.589. The second kappa shape index (κ2) is 1.86. The first kappa shape index (κ1) is 5.15. The van der Waals surface area contributed by atoms with Crippen LogP contribution in [0.5, 0.6) is 0 Å². The fraction of sp³-hybridized carbons (Fsp3) is 0.500. The van der Waals surface area contributed by atoms with Gasteiger partial charge in [-0.05, 0) is 0 Å². The smallest absolute Gasteiger partial charge is 0.112 e. The molecule has 0 aromatic heterocycles. The third-order valence-electron chi connectivity index (χ3n) is 1.16. The molecule has 0 aromatic rings. The molecule has 0 spiro atoms. The van der Waals surface area contributed by atoms with Crippen molar-refractivity contribution < 1.29 is 0 Å². The normalized spacial score (nSPS) is 32.8. The van der Waals surface area contributed by atoms with Crippen LogP contribution in [0.4, 0.5) is 0 Å². The summed E-state index contributed by atoms with van der Waals surface area (Å²) in [5.74, 6) is 2.47. The van der Waals surface area contributed by atoms with E-state index in [-0.39, 0.29) is 6.04 Å². The summed E-state index contributed by atoms with van der Waals surface area (Å²) in [4.78, 5) is 1.93. The van der Waals surface area contributed by atoms with Crippen LogP contribution in [0.15, 0.2) is 0 Å². The second-order valence-electron chi connectivity index (χ2n) is 1.78. The van der Waals surface area contributed by atoms with Crippen LogP contribution >= 0.6 is 0 Å². The van der Waals surface area contributed by atoms with E-state index in [1.165, 1.54) is 0 Å². The highest BCUT2D eigenvalue weighted by Gasteiger charge is 2.32. The van der Waals surface area contributed by atoms with Gasteiger partial charge in [-0.1, -0.05) is 5.92 Å². The van der Waals surface area contributed by atoms with Gasteiger partial charge in [-0.25, -0.2) is 0 Å². The van der Waals surface area contributed by atoms with Crippen LogP contribution in [0.2, 0.25) is 0 Å². The second-order valence-corrected chi connectivity index (χ2v) is 1.78. The molecule has 0 radical (unpaired) electrons. The average molecular weight is 106 g/mol. The predicted molar refractivity (Wildman–Crippen MR) is 29.8 cm³/mol. The van der Waals surface area contributed by atoms with E-state index in [0.717, 1.165) is 6.54 Å². The lowest BCUT2D eigenvalue weighted by Crippen LogP contribution is -1.98. The number of nitrogens with zero attached hydrogens (tertiary/aromatic N) is 2. The van der Waals surface area contributed by atoms with Crippen molar-refractivity contribution in [2.75, 3.05) is 13.1 Å². The molecule has 0 aliphatic carbocycles. The van der Waals surface area contributed by atoms with Crippen molar-refractivity contribution in [2.24, 2.45) is 0 Å². The van der Waals surface area contributed by atoms with Crippen molar-refractivity contribution in [1.29, 1.82) is 5.26 Å². The van der Waals surface area contributed by atoms with Crippen molar-refractivity contribution in [3.63, 3.8) is 0 Å². The molecular weight excluding hydrogens is 100 g/mol. The molecule has 0 bridgehead atoms. The maximum atomic E-state index is 8.24. The summed E-state index contributed by atoms with van der Waals surface area (Å²) in [5.41, 5.74) is 0. The molecule has 0 aromatic carbocycles. The third kappa shape index (κ3) is 0.804. The maximum Gasteiger partial charge on any atom is 0.112 e. The van der Waals surface area contributed by atoms with Crippen molar-refractivity contribution in [1.82, 2.24) is 4.90 Å². The first-order valence-corrected chi connectivity index (χ1v) is 2.45. The zero-order valence-corrected chi connectivity index (χ0v) is 4.46. The maximum absolute atomic E-state index is 8.24. The molecule has 0 N–H and O–H groups in total. The molecule has 1 fully saturated rings. The van der Waals surface area contributed by atoms with Crippen molar-refractivity contribution in [2.45, 2.75) is 6.04 Å². The predicted octanol–water partition coefficient (Wildman–Crippen LogP) is -0.173. The summed E-state index contributed by atoms with van der Waals surface area (Å²) < 4.78 is 0. The van der Waals surface area contributed by atoms with Crippen LogP contribution in [-0.2, 0) is 0 Å². The Kier molecular flexibility index (Phi) is 1.20. The molecular formula is C6H6N2. The van der Waals surface area contributed by atoms with E-state index < -0.39 is 0 Å². The van der Waals surface area contributed by atoms with Gasteiger partial charge >= 0.3 is 0 Å². The molecule has 40 valence electrons. The number of nitriles is 1. The van der Waals surface area contributed by atoms with Gasteiger partial charge in [-0.3, -0.25) is 4.90 Å². The van der Waals surface area contributed by atoms with Crippen molar-refractivity contribution >= 4 is 0 Å². The molecule has 1 heterocycles. The number of rotatable bonds is 1. The van der Waals surface area contributed by atoms with Crippen LogP contribution in [0.25, 0.3) is 0 Å². The van der Waals surface area contributed by atoms with E-state index in [1.54, 1.807) is 0 Å². The summed E-state index contributed by atoms with van der Waals surface area (Å²) in [7, 11) is 0. The van der Waals surface area contributed by atoms with Gasteiger partial charge in [0.25, 0.3) is 0 Å². The van der Waals surface area contributed by atoms with E-state index in [9.17, 15) is 0 Å². The Balaban J connectivity index is 2.22. The summed E-state index contributed by atoms with van der Waals surface area (Å²) in [6, 6.07) is 2.22. The van der Waals surface area contributed by atoms with E-state index in [4.69, 9.17) is 11.7 Å². The fourth-order valence-electron chi connectivity index (χ4n) is 0.589. The van der Waals surface area contributed by atoms with Crippen LogP contribution in [-0.4, -0.2) is 24.0 Å². The van der Waals surface area contributed by atoms with Gasteiger partial charge in [-0.2, -0.15) is 5.26 Å². The Morgan fingerprint density at radius 2 is 2.62 bits per heavy atom. The molecule has 2 nitrogen and oxygen atoms in total. The van der Waals surface area contributed by atoms with E-state index in [2.05, 4.69) is 12.0 Å². The molecule has 2 atom stereocenters.